The van der Waals surface area contributed by atoms with Gasteiger partial charge in [-0.3, -0.25) is 9.78 Å². The molecule has 1 saturated carbocycles. The highest BCUT2D eigenvalue weighted by molar-refractivity contribution is 5.93. The molecule has 1 fully saturated rings. The molecule has 8 nitrogen and oxygen atoms in total. The maximum absolute atomic E-state index is 11.8. The van der Waals surface area contributed by atoms with Crippen LogP contribution in [0.4, 0.5) is 11.5 Å². The minimum atomic E-state index is -0.986. The van der Waals surface area contributed by atoms with E-state index in [1.165, 1.54) is 12.4 Å². The molecule has 3 N–H and O–H groups in total. The zero-order valence-corrected chi connectivity index (χ0v) is 15.6. The molecule has 8 heteroatoms. The molecule has 0 spiro atoms. The van der Waals surface area contributed by atoms with Crippen molar-refractivity contribution < 1.29 is 14.7 Å². The maximum Gasteiger partial charge on any atom is 0.326 e. The molecule has 1 aromatic heterocycles. The van der Waals surface area contributed by atoms with Crippen molar-refractivity contribution in [3.8, 4) is 17.3 Å². The molecule has 1 heterocycles. The van der Waals surface area contributed by atoms with Crippen LogP contribution in [-0.2, 0) is 9.59 Å². The maximum atomic E-state index is 11.8. The van der Waals surface area contributed by atoms with Gasteiger partial charge < -0.3 is 15.7 Å². The van der Waals surface area contributed by atoms with Gasteiger partial charge in [0.15, 0.2) is 5.82 Å². The summed E-state index contributed by atoms with van der Waals surface area (Å²) in [5.74, 6) is -0.725. The summed E-state index contributed by atoms with van der Waals surface area (Å²) in [6.45, 7) is 3.59. The highest BCUT2D eigenvalue weighted by atomic mass is 16.4. The van der Waals surface area contributed by atoms with Crippen LogP contribution >= 0.6 is 0 Å². The Kier molecular flexibility index (Phi) is 5.54. The number of aromatic nitrogens is 2. The molecule has 0 aliphatic heterocycles. The molecule has 1 aliphatic carbocycles. The lowest BCUT2D eigenvalue weighted by Gasteiger charge is -2.20. The van der Waals surface area contributed by atoms with Crippen LogP contribution in [0.25, 0.3) is 11.3 Å². The standard InChI is InChI=1S/C20H21N5O3/c1-11(2)18(20(27)28)24-15-7-13(5-6-14(15)8-21)16-9-23-17(10-22-16)25-19(26)12-3-4-12/h5-7,9-12,18,24H,3-4H2,1-2H3,(H,27,28)(H,23,25,26). The van der Waals surface area contributed by atoms with Crippen molar-refractivity contribution in [2.45, 2.75) is 32.7 Å². The van der Waals surface area contributed by atoms with E-state index >= 15 is 0 Å². The van der Waals surface area contributed by atoms with Crippen molar-refractivity contribution in [3.63, 3.8) is 0 Å². The Labute approximate surface area is 162 Å². The molecule has 0 bridgehead atoms. The van der Waals surface area contributed by atoms with Crippen LogP contribution in [0.5, 0.6) is 0 Å². The summed E-state index contributed by atoms with van der Waals surface area (Å²) in [5.41, 5.74) is 2.00. The third kappa shape index (κ3) is 4.43. The first-order valence-electron chi connectivity index (χ1n) is 9.06. The van der Waals surface area contributed by atoms with Crippen molar-refractivity contribution in [2.75, 3.05) is 10.6 Å². The quantitative estimate of drug-likeness (QED) is 0.675. The Morgan fingerprint density at radius 1 is 1.25 bits per heavy atom. The Morgan fingerprint density at radius 3 is 2.54 bits per heavy atom. The zero-order chi connectivity index (χ0) is 20.3. The molecule has 0 radical (unpaired) electrons. The number of anilines is 2. The Balaban J connectivity index is 1.83. The fourth-order valence-corrected chi connectivity index (χ4v) is 2.72. The fourth-order valence-electron chi connectivity index (χ4n) is 2.72. The number of hydrogen-bond donors (Lipinski definition) is 3. The number of aliphatic carboxylic acids is 1. The molecule has 1 aromatic carbocycles. The van der Waals surface area contributed by atoms with Crippen molar-refractivity contribution in [1.82, 2.24) is 9.97 Å². The molecule has 1 amide bonds. The largest absolute Gasteiger partial charge is 0.480 e. The van der Waals surface area contributed by atoms with E-state index in [0.717, 1.165) is 12.8 Å². The number of benzene rings is 1. The van der Waals surface area contributed by atoms with Crippen LogP contribution in [-0.4, -0.2) is 33.0 Å². The van der Waals surface area contributed by atoms with E-state index in [4.69, 9.17) is 0 Å². The molecule has 2 aromatic rings. The monoisotopic (exact) mass is 379 g/mol. The Bertz CT molecular complexity index is 930. The van der Waals surface area contributed by atoms with Gasteiger partial charge in [-0.2, -0.15) is 5.26 Å². The third-order valence-electron chi connectivity index (χ3n) is 4.53. The topological polar surface area (TPSA) is 128 Å². The van der Waals surface area contributed by atoms with Crippen LogP contribution in [0.15, 0.2) is 30.6 Å². The summed E-state index contributed by atoms with van der Waals surface area (Å²) in [5, 5.41) is 24.4. The van der Waals surface area contributed by atoms with Gasteiger partial charge in [0.05, 0.1) is 29.3 Å². The van der Waals surface area contributed by atoms with Crippen molar-refractivity contribution in [1.29, 1.82) is 5.26 Å². The van der Waals surface area contributed by atoms with Gasteiger partial charge in [-0.15, -0.1) is 0 Å². The molecule has 1 aliphatic rings. The minimum Gasteiger partial charge on any atom is -0.480 e. The van der Waals surface area contributed by atoms with Gasteiger partial charge >= 0.3 is 5.97 Å². The predicted molar refractivity (Wildman–Crippen MR) is 103 cm³/mol. The van der Waals surface area contributed by atoms with E-state index in [1.54, 1.807) is 32.0 Å². The smallest absolute Gasteiger partial charge is 0.326 e. The van der Waals surface area contributed by atoms with E-state index < -0.39 is 12.0 Å². The summed E-state index contributed by atoms with van der Waals surface area (Å²) in [7, 11) is 0. The van der Waals surface area contributed by atoms with Crippen molar-refractivity contribution in [3.05, 3.63) is 36.2 Å². The minimum absolute atomic E-state index is 0.0414. The SMILES string of the molecule is CC(C)C(Nc1cc(-c2cnc(NC(=O)C3CC3)cn2)ccc1C#N)C(=O)O. The number of amides is 1. The van der Waals surface area contributed by atoms with Gasteiger partial charge in [0.25, 0.3) is 0 Å². The normalized spacial score (nSPS) is 14.2. The number of nitrogens with zero attached hydrogens (tertiary/aromatic N) is 3. The number of carboxylic acids is 1. The number of rotatable bonds is 7. The first-order chi connectivity index (χ1) is 13.4. The number of carbonyl (C=O) groups excluding carboxylic acids is 1. The van der Waals surface area contributed by atoms with E-state index in [2.05, 4.69) is 26.7 Å². The van der Waals surface area contributed by atoms with E-state index in [1.807, 2.05) is 0 Å². The van der Waals surface area contributed by atoms with Gasteiger partial charge in [-0.1, -0.05) is 19.9 Å². The molecule has 0 saturated heterocycles. The van der Waals surface area contributed by atoms with Gasteiger partial charge in [0.1, 0.15) is 12.1 Å². The van der Waals surface area contributed by atoms with Gasteiger partial charge in [-0.05, 0) is 30.9 Å². The Morgan fingerprint density at radius 2 is 2.00 bits per heavy atom. The molecule has 3 rings (SSSR count). The summed E-state index contributed by atoms with van der Waals surface area (Å²) in [6, 6.07) is 6.26. The average Bonchev–Trinajstić information content (AvgIpc) is 3.51. The summed E-state index contributed by atoms with van der Waals surface area (Å²) < 4.78 is 0. The van der Waals surface area contributed by atoms with Gasteiger partial charge in [0, 0.05) is 11.5 Å². The third-order valence-corrected chi connectivity index (χ3v) is 4.53. The van der Waals surface area contributed by atoms with E-state index in [-0.39, 0.29) is 17.7 Å². The lowest BCUT2D eigenvalue weighted by Crippen LogP contribution is -2.34. The lowest BCUT2D eigenvalue weighted by atomic mass is 10.0. The second kappa shape index (κ2) is 8.05. The van der Waals surface area contributed by atoms with E-state index in [9.17, 15) is 20.0 Å². The number of carboxylic acid groups (broad SMARTS) is 1. The second-order valence-corrected chi connectivity index (χ2v) is 7.13. The molecular formula is C20H21N5O3. The highest BCUT2D eigenvalue weighted by Gasteiger charge is 2.29. The average molecular weight is 379 g/mol. The fraction of sp³-hybridized carbons (Fsp3) is 0.350. The molecule has 1 unspecified atom stereocenters. The molecule has 144 valence electrons. The van der Waals surface area contributed by atoms with Crippen molar-refractivity contribution >= 4 is 23.4 Å². The number of carbonyl (C=O) groups is 2. The summed E-state index contributed by atoms with van der Waals surface area (Å²) in [4.78, 5) is 31.8. The lowest BCUT2D eigenvalue weighted by molar-refractivity contribution is -0.138. The van der Waals surface area contributed by atoms with Crippen LogP contribution in [0.3, 0.4) is 0 Å². The zero-order valence-electron chi connectivity index (χ0n) is 15.6. The number of hydrogen-bond acceptors (Lipinski definition) is 6. The Hall–Kier alpha value is -3.47. The second-order valence-electron chi connectivity index (χ2n) is 7.13. The van der Waals surface area contributed by atoms with Crippen LogP contribution in [0.1, 0.15) is 32.3 Å². The first-order valence-corrected chi connectivity index (χ1v) is 9.06. The van der Waals surface area contributed by atoms with Crippen LogP contribution < -0.4 is 10.6 Å². The highest BCUT2D eigenvalue weighted by Crippen LogP contribution is 2.30. The van der Waals surface area contributed by atoms with Gasteiger partial charge in [0.2, 0.25) is 5.91 Å². The number of nitrogens with one attached hydrogen (secondary N) is 2. The van der Waals surface area contributed by atoms with Crippen molar-refractivity contribution in [2.24, 2.45) is 11.8 Å². The summed E-state index contributed by atoms with van der Waals surface area (Å²) in [6.07, 6.45) is 4.83. The summed E-state index contributed by atoms with van der Waals surface area (Å²) >= 11 is 0. The molecule has 1 atom stereocenters. The van der Waals surface area contributed by atoms with E-state index in [0.29, 0.717) is 28.3 Å². The van der Waals surface area contributed by atoms with Crippen LogP contribution in [0.2, 0.25) is 0 Å². The van der Waals surface area contributed by atoms with Crippen LogP contribution in [0, 0.1) is 23.2 Å². The molecule has 28 heavy (non-hydrogen) atoms. The van der Waals surface area contributed by atoms with Gasteiger partial charge in [-0.25, -0.2) is 9.78 Å². The predicted octanol–water partition coefficient (Wildman–Crippen LogP) is 2.88. The molecular weight excluding hydrogens is 358 g/mol. The first kappa shape index (κ1) is 19.3. The number of nitriles is 1.